The highest BCUT2D eigenvalue weighted by Crippen LogP contribution is 2.32. The van der Waals surface area contributed by atoms with Gasteiger partial charge in [0.05, 0.1) is 11.4 Å². The highest BCUT2D eigenvalue weighted by Gasteiger charge is 2.30. The number of hydrogen-bond donors (Lipinski definition) is 0. The molecule has 1 aliphatic rings. The Morgan fingerprint density at radius 1 is 0.963 bits per heavy atom. The molecule has 1 saturated heterocycles. The van der Waals surface area contributed by atoms with Gasteiger partial charge in [0.15, 0.2) is 0 Å². The van der Waals surface area contributed by atoms with Gasteiger partial charge in [0.1, 0.15) is 10.6 Å². The average Bonchev–Trinajstić information content (AvgIpc) is 3.26. The zero-order valence-corrected chi connectivity index (χ0v) is 16.8. The third-order valence-electron chi connectivity index (χ3n) is 4.85. The lowest BCUT2D eigenvalue weighted by Gasteiger charge is -2.19. The van der Waals surface area contributed by atoms with E-state index in [4.69, 9.17) is 0 Å². The summed E-state index contributed by atoms with van der Waals surface area (Å²) in [5, 5.41) is 6.61. The van der Waals surface area contributed by atoms with E-state index in [0.29, 0.717) is 30.2 Å². The van der Waals surface area contributed by atoms with Crippen LogP contribution < -0.4 is 0 Å². The first kappa shape index (κ1) is 18.4. The van der Waals surface area contributed by atoms with Crippen LogP contribution in [0.2, 0.25) is 0 Å². The Kier molecular flexibility index (Phi) is 5.43. The van der Waals surface area contributed by atoms with Crippen molar-refractivity contribution in [3.63, 3.8) is 0 Å². The molecule has 0 spiro atoms. The first-order valence-corrected chi connectivity index (χ1v) is 11.6. The number of benzene rings is 1. The Bertz CT molecular complexity index is 972. The second-order valence-electron chi connectivity index (χ2n) is 6.82. The highest BCUT2D eigenvalue weighted by molar-refractivity contribution is 7.89. The molecular formula is C20H23N3O2S2. The monoisotopic (exact) mass is 401 g/mol. The molecule has 4 rings (SSSR count). The molecule has 0 unspecified atom stereocenters. The van der Waals surface area contributed by atoms with E-state index in [-0.39, 0.29) is 0 Å². The molecule has 1 fully saturated rings. The maximum Gasteiger partial charge on any atom is 0.246 e. The molecule has 142 valence electrons. The zero-order valence-electron chi connectivity index (χ0n) is 15.1. The molecule has 27 heavy (non-hydrogen) atoms. The fourth-order valence-electron chi connectivity index (χ4n) is 3.45. The van der Waals surface area contributed by atoms with E-state index in [1.54, 1.807) is 15.2 Å². The summed E-state index contributed by atoms with van der Waals surface area (Å²) in [6, 6.07) is 13.8. The van der Waals surface area contributed by atoms with Crippen molar-refractivity contribution in [3.05, 3.63) is 59.6 Å². The Labute approximate surface area is 164 Å². The molecule has 0 bridgehead atoms. The largest absolute Gasteiger partial charge is 0.266 e. The molecule has 0 atom stereocenters. The number of rotatable bonds is 5. The minimum atomic E-state index is -3.56. The summed E-state index contributed by atoms with van der Waals surface area (Å²) >= 11 is 1.52. The lowest BCUT2D eigenvalue weighted by Crippen LogP contribution is -2.32. The van der Waals surface area contributed by atoms with Crippen LogP contribution in [0.4, 0.5) is 0 Å². The van der Waals surface area contributed by atoms with Crippen molar-refractivity contribution in [2.45, 2.75) is 37.1 Å². The molecule has 2 aromatic heterocycles. The van der Waals surface area contributed by atoms with Crippen molar-refractivity contribution in [1.29, 1.82) is 0 Å². The van der Waals surface area contributed by atoms with Crippen molar-refractivity contribution in [3.8, 4) is 10.6 Å². The van der Waals surface area contributed by atoms with Gasteiger partial charge in [-0.2, -0.15) is 9.40 Å². The predicted octanol–water partition coefficient (Wildman–Crippen LogP) is 4.22. The Balaban J connectivity index is 1.74. The molecule has 0 saturated carbocycles. The maximum absolute atomic E-state index is 13.4. The van der Waals surface area contributed by atoms with Gasteiger partial charge in [-0.15, -0.1) is 11.3 Å². The second kappa shape index (κ2) is 7.96. The zero-order chi connectivity index (χ0) is 18.7. The van der Waals surface area contributed by atoms with E-state index in [9.17, 15) is 8.42 Å². The van der Waals surface area contributed by atoms with Gasteiger partial charge in [-0.1, -0.05) is 49.2 Å². The van der Waals surface area contributed by atoms with Gasteiger partial charge in [0.2, 0.25) is 10.0 Å². The van der Waals surface area contributed by atoms with Crippen LogP contribution in [0.1, 0.15) is 31.2 Å². The third kappa shape index (κ3) is 4.00. The minimum absolute atomic E-state index is 0.322. The molecule has 7 heteroatoms. The lowest BCUT2D eigenvalue weighted by molar-refractivity contribution is 0.424. The van der Waals surface area contributed by atoms with Crippen LogP contribution in [0.5, 0.6) is 0 Å². The van der Waals surface area contributed by atoms with Crippen molar-refractivity contribution in [2.75, 3.05) is 13.1 Å². The minimum Gasteiger partial charge on any atom is -0.266 e. The smallest absolute Gasteiger partial charge is 0.246 e. The number of nitrogens with zero attached hydrogens (tertiary/aromatic N) is 3. The summed E-state index contributed by atoms with van der Waals surface area (Å²) in [5.74, 6) is 0. The first-order valence-electron chi connectivity index (χ1n) is 9.30. The third-order valence-corrected chi connectivity index (χ3v) is 7.63. The van der Waals surface area contributed by atoms with Gasteiger partial charge in [-0.25, -0.2) is 8.42 Å². The number of aromatic nitrogens is 2. The summed E-state index contributed by atoms with van der Waals surface area (Å²) in [6.45, 7) is 1.74. The van der Waals surface area contributed by atoms with Crippen molar-refractivity contribution in [1.82, 2.24) is 14.1 Å². The molecule has 0 radical (unpaired) electrons. The summed E-state index contributed by atoms with van der Waals surface area (Å²) < 4.78 is 30.2. The van der Waals surface area contributed by atoms with Gasteiger partial charge >= 0.3 is 0 Å². The number of hydrogen-bond acceptors (Lipinski definition) is 4. The molecule has 1 aromatic carbocycles. The van der Waals surface area contributed by atoms with Crippen LogP contribution in [-0.2, 0) is 16.6 Å². The fourth-order valence-corrected chi connectivity index (χ4v) is 5.90. The van der Waals surface area contributed by atoms with Crippen LogP contribution in [0.15, 0.2) is 58.9 Å². The van der Waals surface area contributed by atoms with Gasteiger partial charge in [0, 0.05) is 19.3 Å². The molecule has 5 nitrogen and oxygen atoms in total. The lowest BCUT2D eigenvalue weighted by atomic mass is 10.2. The van der Waals surface area contributed by atoms with E-state index >= 15 is 0 Å². The van der Waals surface area contributed by atoms with E-state index in [1.165, 1.54) is 11.3 Å². The van der Waals surface area contributed by atoms with Gasteiger partial charge in [0.25, 0.3) is 0 Å². The fraction of sp³-hybridized carbons (Fsp3) is 0.350. The maximum atomic E-state index is 13.4. The molecular weight excluding hydrogens is 378 g/mol. The molecule has 3 heterocycles. The van der Waals surface area contributed by atoms with Crippen LogP contribution in [-0.4, -0.2) is 35.6 Å². The second-order valence-corrected chi connectivity index (χ2v) is 9.67. The molecule has 3 aromatic rings. The van der Waals surface area contributed by atoms with E-state index < -0.39 is 10.0 Å². The van der Waals surface area contributed by atoms with Gasteiger partial charge in [-0.05, 0) is 29.9 Å². The van der Waals surface area contributed by atoms with Gasteiger partial charge in [-0.3, -0.25) is 4.68 Å². The molecule has 1 aliphatic heterocycles. The van der Waals surface area contributed by atoms with Gasteiger partial charge < -0.3 is 0 Å². The Morgan fingerprint density at radius 2 is 1.70 bits per heavy atom. The number of thiophene rings is 1. The molecule has 0 aliphatic carbocycles. The SMILES string of the molecule is O=S(=O)(c1cn(Cc2ccccc2)nc1-c1cccs1)N1CCCCCC1. The predicted molar refractivity (Wildman–Crippen MR) is 108 cm³/mol. The average molecular weight is 402 g/mol. The van der Waals surface area contributed by atoms with Crippen molar-refractivity contribution >= 4 is 21.4 Å². The van der Waals surface area contributed by atoms with Crippen molar-refractivity contribution in [2.24, 2.45) is 0 Å². The van der Waals surface area contributed by atoms with E-state index in [0.717, 1.165) is 36.1 Å². The Morgan fingerprint density at radius 3 is 2.37 bits per heavy atom. The number of sulfonamides is 1. The Hall–Kier alpha value is -1.96. The summed E-state index contributed by atoms with van der Waals surface area (Å²) in [6.07, 6.45) is 5.73. The topological polar surface area (TPSA) is 55.2 Å². The van der Waals surface area contributed by atoms with Crippen LogP contribution >= 0.6 is 11.3 Å². The van der Waals surface area contributed by atoms with Crippen LogP contribution in [0.3, 0.4) is 0 Å². The van der Waals surface area contributed by atoms with E-state index in [1.807, 2.05) is 47.8 Å². The highest BCUT2D eigenvalue weighted by atomic mass is 32.2. The normalized spacial score (nSPS) is 16.3. The van der Waals surface area contributed by atoms with E-state index in [2.05, 4.69) is 5.10 Å². The summed E-state index contributed by atoms with van der Waals surface area (Å²) in [7, 11) is -3.56. The van der Waals surface area contributed by atoms with Crippen LogP contribution in [0, 0.1) is 0 Å². The standard InChI is InChI=1S/C20H23N3O2S2/c24-27(25,23-12-6-1-2-7-13-23)19-16-22(15-17-9-4-3-5-10-17)21-20(19)18-11-8-14-26-18/h3-5,8-11,14,16H,1-2,6-7,12-13,15H2. The molecule has 0 N–H and O–H groups in total. The summed E-state index contributed by atoms with van der Waals surface area (Å²) in [5.41, 5.74) is 1.65. The molecule has 0 amide bonds. The first-order chi connectivity index (χ1) is 13.1. The van der Waals surface area contributed by atoms with Crippen LogP contribution in [0.25, 0.3) is 10.6 Å². The van der Waals surface area contributed by atoms with Crippen molar-refractivity contribution < 1.29 is 8.42 Å². The quantitative estimate of drug-likeness (QED) is 0.643. The summed E-state index contributed by atoms with van der Waals surface area (Å²) in [4.78, 5) is 1.21.